The topological polar surface area (TPSA) is 79.0 Å². The molecule has 2 atom stereocenters. The van der Waals surface area contributed by atoms with E-state index in [2.05, 4.69) is 25.2 Å². The monoisotopic (exact) mass is 305 g/mol. The average molecular weight is 305 g/mol. The summed E-state index contributed by atoms with van der Waals surface area (Å²) in [7, 11) is 0. The molecule has 1 aliphatic carbocycles. The van der Waals surface area contributed by atoms with Gasteiger partial charge in [-0.3, -0.25) is 15.4 Å². The van der Waals surface area contributed by atoms with Crippen LogP contribution in [0.3, 0.4) is 0 Å². The predicted octanol–water partition coefficient (Wildman–Crippen LogP) is 3.50. The molecule has 2 unspecified atom stereocenters. The van der Waals surface area contributed by atoms with Crippen LogP contribution >= 0.6 is 11.8 Å². The number of nitrogens with one attached hydrogen (secondary N) is 1. The molecule has 21 heavy (non-hydrogen) atoms. The number of nitro benzene ring substituents is 1. The van der Waals surface area contributed by atoms with Gasteiger partial charge in [-0.15, -0.1) is 11.8 Å². The highest BCUT2D eigenvalue weighted by Gasteiger charge is 2.40. The largest absolute Gasteiger partial charge is 0.297 e. The van der Waals surface area contributed by atoms with Crippen molar-refractivity contribution in [3.8, 4) is 6.07 Å². The van der Waals surface area contributed by atoms with Crippen molar-refractivity contribution in [2.45, 2.75) is 54.8 Å². The Kier molecular flexibility index (Phi) is 4.86. The number of benzene rings is 1. The van der Waals surface area contributed by atoms with Gasteiger partial charge in [0.2, 0.25) is 0 Å². The lowest BCUT2D eigenvalue weighted by Gasteiger charge is -2.25. The third kappa shape index (κ3) is 3.96. The summed E-state index contributed by atoms with van der Waals surface area (Å²) in [6.45, 7) is 4.10. The fourth-order valence-electron chi connectivity index (χ4n) is 2.76. The standard InChI is InChI=1S/C15H19N3O2S/c1-11(2)17-15(10-16)8-7-14(9-15)21-13-5-3-12(4-6-13)18(19)20/h3-6,11,14,17H,7-9H2,1-2H3. The SMILES string of the molecule is CC(C)NC1(C#N)CCC(Sc2ccc([N+](=O)[O-])cc2)C1. The first-order valence-electron chi connectivity index (χ1n) is 7.04. The molecule has 1 N–H and O–H groups in total. The molecule has 1 aliphatic rings. The Morgan fingerprint density at radius 2 is 2.14 bits per heavy atom. The Balaban J connectivity index is 1.99. The molecule has 0 aromatic heterocycles. The van der Waals surface area contributed by atoms with Gasteiger partial charge in [-0.25, -0.2) is 0 Å². The summed E-state index contributed by atoms with van der Waals surface area (Å²) in [5, 5.41) is 23.8. The Morgan fingerprint density at radius 1 is 1.48 bits per heavy atom. The number of non-ortho nitro benzene ring substituents is 1. The molecule has 1 aromatic carbocycles. The molecule has 112 valence electrons. The zero-order valence-electron chi connectivity index (χ0n) is 12.2. The molecule has 1 aromatic rings. The average Bonchev–Trinajstić information content (AvgIpc) is 2.82. The molecule has 5 nitrogen and oxygen atoms in total. The number of hydrogen-bond donors (Lipinski definition) is 1. The van der Waals surface area contributed by atoms with E-state index >= 15 is 0 Å². The van der Waals surface area contributed by atoms with Crippen LogP contribution < -0.4 is 5.32 Å². The molecule has 0 saturated heterocycles. The first kappa shape index (κ1) is 15.8. The van der Waals surface area contributed by atoms with E-state index in [1.165, 1.54) is 12.1 Å². The van der Waals surface area contributed by atoms with Crippen molar-refractivity contribution < 1.29 is 4.92 Å². The minimum Gasteiger partial charge on any atom is -0.297 e. The molecule has 1 saturated carbocycles. The van der Waals surface area contributed by atoms with Crippen LogP contribution in [0.15, 0.2) is 29.2 Å². The van der Waals surface area contributed by atoms with E-state index in [0.29, 0.717) is 5.25 Å². The van der Waals surface area contributed by atoms with E-state index in [4.69, 9.17) is 0 Å². The Bertz CT molecular complexity index is 553. The molecule has 0 heterocycles. The molecule has 2 rings (SSSR count). The number of hydrogen-bond acceptors (Lipinski definition) is 5. The Morgan fingerprint density at radius 3 is 2.67 bits per heavy atom. The number of nitro groups is 1. The molecule has 0 bridgehead atoms. The van der Waals surface area contributed by atoms with E-state index in [1.807, 2.05) is 0 Å². The summed E-state index contributed by atoms with van der Waals surface area (Å²) in [5.74, 6) is 0. The summed E-state index contributed by atoms with van der Waals surface area (Å²) in [6.07, 6.45) is 2.64. The lowest BCUT2D eigenvalue weighted by molar-refractivity contribution is -0.384. The lowest BCUT2D eigenvalue weighted by atomic mass is 9.99. The second-order valence-electron chi connectivity index (χ2n) is 5.73. The molecule has 0 spiro atoms. The predicted molar refractivity (Wildman–Crippen MR) is 83.2 cm³/mol. The van der Waals surface area contributed by atoms with Gasteiger partial charge in [0.1, 0.15) is 5.54 Å². The van der Waals surface area contributed by atoms with Gasteiger partial charge in [-0.1, -0.05) is 0 Å². The molecular formula is C15H19N3O2S. The minimum absolute atomic E-state index is 0.110. The van der Waals surface area contributed by atoms with Crippen LogP contribution in [0.5, 0.6) is 0 Å². The zero-order chi connectivity index (χ0) is 15.5. The third-order valence-corrected chi connectivity index (χ3v) is 4.88. The molecule has 0 amide bonds. The van der Waals surface area contributed by atoms with Gasteiger partial charge in [-0.2, -0.15) is 5.26 Å². The van der Waals surface area contributed by atoms with Crippen molar-refractivity contribution in [2.75, 3.05) is 0 Å². The number of nitrogens with zero attached hydrogens (tertiary/aromatic N) is 2. The fraction of sp³-hybridized carbons (Fsp3) is 0.533. The third-order valence-electron chi connectivity index (χ3n) is 3.60. The summed E-state index contributed by atoms with van der Waals surface area (Å²) in [5.41, 5.74) is -0.314. The fourth-order valence-corrected chi connectivity index (χ4v) is 4.04. The highest BCUT2D eigenvalue weighted by atomic mass is 32.2. The quantitative estimate of drug-likeness (QED) is 0.665. The Hall–Kier alpha value is -1.58. The van der Waals surface area contributed by atoms with Gasteiger partial charge in [0.05, 0.1) is 11.0 Å². The zero-order valence-corrected chi connectivity index (χ0v) is 13.0. The van der Waals surface area contributed by atoms with Crippen LogP contribution in [-0.4, -0.2) is 21.8 Å². The highest BCUT2D eigenvalue weighted by Crippen LogP contribution is 2.40. The first-order chi connectivity index (χ1) is 9.94. The van der Waals surface area contributed by atoms with Gasteiger partial charge >= 0.3 is 0 Å². The molecular weight excluding hydrogens is 286 g/mol. The van der Waals surface area contributed by atoms with Crippen LogP contribution in [0.1, 0.15) is 33.1 Å². The lowest BCUT2D eigenvalue weighted by Crippen LogP contribution is -2.45. The number of rotatable bonds is 5. The van der Waals surface area contributed by atoms with Crippen LogP contribution in [0, 0.1) is 21.4 Å². The van der Waals surface area contributed by atoms with Gasteiger partial charge in [-0.05, 0) is 45.2 Å². The van der Waals surface area contributed by atoms with Crippen LogP contribution in [0.2, 0.25) is 0 Å². The minimum atomic E-state index is -0.424. The van der Waals surface area contributed by atoms with E-state index in [-0.39, 0.29) is 11.7 Å². The van der Waals surface area contributed by atoms with E-state index in [0.717, 1.165) is 24.2 Å². The summed E-state index contributed by atoms with van der Waals surface area (Å²) in [4.78, 5) is 11.3. The maximum atomic E-state index is 10.6. The van der Waals surface area contributed by atoms with Crippen LogP contribution in [0.4, 0.5) is 5.69 Å². The maximum absolute atomic E-state index is 10.6. The summed E-state index contributed by atoms with van der Waals surface area (Å²) < 4.78 is 0. The first-order valence-corrected chi connectivity index (χ1v) is 7.92. The van der Waals surface area contributed by atoms with Gasteiger partial charge in [0.15, 0.2) is 0 Å². The normalized spacial score (nSPS) is 25.0. The van der Waals surface area contributed by atoms with E-state index < -0.39 is 10.5 Å². The van der Waals surface area contributed by atoms with Crippen molar-refractivity contribution in [1.29, 1.82) is 5.26 Å². The molecule has 0 radical (unpaired) electrons. The van der Waals surface area contributed by atoms with Gasteiger partial charge in [0.25, 0.3) is 5.69 Å². The van der Waals surface area contributed by atoms with Gasteiger partial charge < -0.3 is 0 Å². The Labute approximate surface area is 128 Å². The number of nitriles is 1. The van der Waals surface area contributed by atoms with Crippen LogP contribution in [0.25, 0.3) is 0 Å². The van der Waals surface area contributed by atoms with Crippen molar-refractivity contribution >= 4 is 17.4 Å². The van der Waals surface area contributed by atoms with E-state index in [1.54, 1.807) is 23.9 Å². The molecule has 1 fully saturated rings. The van der Waals surface area contributed by atoms with Crippen molar-refractivity contribution in [3.63, 3.8) is 0 Å². The van der Waals surface area contributed by atoms with Gasteiger partial charge in [0, 0.05) is 28.3 Å². The number of thioether (sulfide) groups is 1. The smallest absolute Gasteiger partial charge is 0.269 e. The summed E-state index contributed by atoms with van der Waals surface area (Å²) >= 11 is 1.70. The second-order valence-corrected chi connectivity index (χ2v) is 7.10. The van der Waals surface area contributed by atoms with E-state index in [9.17, 15) is 15.4 Å². The second kappa shape index (κ2) is 6.46. The van der Waals surface area contributed by atoms with Crippen molar-refractivity contribution in [1.82, 2.24) is 5.32 Å². The van der Waals surface area contributed by atoms with Crippen molar-refractivity contribution in [2.24, 2.45) is 0 Å². The molecule has 0 aliphatic heterocycles. The van der Waals surface area contributed by atoms with Crippen LogP contribution in [-0.2, 0) is 0 Å². The summed E-state index contributed by atoms with van der Waals surface area (Å²) in [6, 6.07) is 9.34. The highest BCUT2D eigenvalue weighted by molar-refractivity contribution is 8.00. The molecule has 6 heteroatoms. The maximum Gasteiger partial charge on any atom is 0.269 e. The van der Waals surface area contributed by atoms with Crippen molar-refractivity contribution in [3.05, 3.63) is 34.4 Å².